The lowest BCUT2D eigenvalue weighted by molar-refractivity contribution is -0.163. The fraction of sp³-hybridized carbons (Fsp3) is 0.417. The molecular weight excluding hydrogens is 510 g/mol. The zero-order chi connectivity index (χ0) is 27.1. The predicted octanol–water partition coefficient (Wildman–Crippen LogP) is 2.65. The van der Waals surface area contributed by atoms with Crippen LogP contribution < -0.4 is 0 Å². The number of aliphatic carboxylic acids is 2. The Morgan fingerprint density at radius 1 is 0.944 bits per heavy atom. The number of rotatable bonds is 8. The van der Waals surface area contributed by atoms with Crippen LogP contribution in [-0.2, 0) is 33.9 Å². The Morgan fingerprint density at radius 2 is 1.42 bits per heavy atom. The lowest BCUT2D eigenvalue weighted by Gasteiger charge is -2.50. The maximum absolute atomic E-state index is 13.6. The van der Waals surface area contributed by atoms with Gasteiger partial charge < -0.3 is 10.2 Å². The van der Waals surface area contributed by atoms with Crippen molar-refractivity contribution >= 4 is 32.1 Å². The summed E-state index contributed by atoms with van der Waals surface area (Å²) in [4.78, 5) is 24.5. The molecule has 2 aromatic rings. The zero-order valence-corrected chi connectivity index (χ0v) is 21.9. The molecule has 1 saturated heterocycles. The zero-order valence-electron chi connectivity index (χ0n) is 20.3. The molecule has 12 heteroatoms. The Bertz CT molecular complexity index is 1350. The molecule has 2 N–H and O–H groups in total. The van der Waals surface area contributed by atoms with Crippen molar-refractivity contribution in [3.8, 4) is 0 Å². The van der Waals surface area contributed by atoms with Crippen LogP contribution in [0.25, 0.3) is 0 Å². The average Bonchev–Trinajstić information content (AvgIpc) is 2.80. The second-order valence-corrected chi connectivity index (χ2v) is 12.7. The molecule has 3 rings (SSSR count). The minimum Gasteiger partial charge on any atom is -0.480 e. The number of hydrogen-bond acceptors (Lipinski definition) is 7. The van der Waals surface area contributed by atoms with Crippen LogP contribution in [0, 0.1) is 25.7 Å². The van der Waals surface area contributed by atoms with Gasteiger partial charge in [0, 0.05) is 0 Å². The quantitative estimate of drug-likeness (QED) is 0.482. The van der Waals surface area contributed by atoms with Crippen LogP contribution in [0.15, 0.2) is 58.3 Å². The molecular formula is C24H29NO9S2. The van der Waals surface area contributed by atoms with Crippen molar-refractivity contribution in [1.29, 1.82) is 0 Å². The van der Waals surface area contributed by atoms with Gasteiger partial charge >= 0.3 is 11.9 Å². The largest absolute Gasteiger partial charge is 0.480 e. The highest BCUT2D eigenvalue weighted by Gasteiger charge is 2.60. The van der Waals surface area contributed by atoms with E-state index in [-0.39, 0.29) is 16.2 Å². The molecule has 0 bridgehead atoms. The molecule has 1 fully saturated rings. The predicted molar refractivity (Wildman–Crippen MR) is 129 cm³/mol. The average molecular weight is 540 g/mol. The highest BCUT2D eigenvalue weighted by molar-refractivity contribution is 7.89. The van der Waals surface area contributed by atoms with E-state index in [1.807, 2.05) is 0 Å². The number of hydrogen-bond donors (Lipinski definition) is 2. The van der Waals surface area contributed by atoms with Crippen LogP contribution in [0.2, 0.25) is 0 Å². The SMILES string of the molecule is Cc1ccc(S(=O)(=O)OC[C@H]2C[C@@H](C(=O)O)N(S(=O)(=O)c3ccc(C)cc3)[C@@](C)(C(=O)O)C2C)cc1. The number of aryl methyl sites for hydroxylation is 2. The molecule has 1 aliphatic rings. The molecule has 0 amide bonds. The van der Waals surface area contributed by atoms with E-state index in [2.05, 4.69) is 0 Å². The van der Waals surface area contributed by atoms with Gasteiger partial charge in [-0.05, 0) is 63.3 Å². The summed E-state index contributed by atoms with van der Waals surface area (Å²) in [5.74, 6) is -4.99. The van der Waals surface area contributed by atoms with Gasteiger partial charge in [0.05, 0.1) is 16.4 Å². The molecule has 0 saturated carbocycles. The van der Waals surface area contributed by atoms with Gasteiger partial charge in [0.2, 0.25) is 10.0 Å². The number of nitrogens with zero attached hydrogens (tertiary/aromatic N) is 1. The van der Waals surface area contributed by atoms with Crippen molar-refractivity contribution in [1.82, 2.24) is 4.31 Å². The van der Waals surface area contributed by atoms with Crippen molar-refractivity contribution in [2.24, 2.45) is 11.8 Å². The van der Waals surface area contributed by atoms with E-state index in [0.29, 0.717) is 4.31 Å². The maximum atomic E-state index is 13.6. The summed E-state index contributed by atoms with van der Waals surface area (Å²) in [6, 6.07) is 9.80. The monoisotopic (exact) mass is 539 g/mol. The van der Waals surface area contributed by atoms with Gasteiger partial charge in [-0.15, -0.1) is 0 Å². The lowest BCUT2D eigenvalue weighted by atomic mass is 9.71. The topological polar surface area (TPSA) is 155 Å². The van der Waals surface area contributed by atoms with Gasteiger partial charge in [0.15, 0.2) is 0 Å². The Labute approximate surface area is 210 Å². The Balaban J connectivity index is 2.01. The second kappa shape index (κ2) is 9.92. The van der Waals surface area contributed by atoms with Crippen LogP contribution in [0.1, 0.15) is 31.4 Å². The van der Waals surface area contributed by atoms with Crippen LogP contribution in [0.3, 0.4) is 0 Å². The first kappa shape index (κ1) is 27.8. The van der Waals surface area contributed by atoms with Crippen molar-refractivity contribution in [3.63, 3.8) is 0 Å². The smallest absolute Gasteiger partial charge is 0.325 e. The van der Waals surface area contributed by atoms with Gasteiger partial charge in [0.1, 0.15) is 11.6 Å². The maximum Gasteiger partial charge on any atom is 0.325 e. The van der Waals surface area contributed by atoms with Crippen molar-refractivity contribution in [2.45, 2.75) is 55.5 Å². The molecule has 0 spiro atoms. The first-order valence-corrected chi connectivity index (χ1v) is 14.0. The minimum atomic E-state index is -4.56. The summed E-state index contributed by atoms with van der Waals surface area (Å²) >= 11 is 0. The molecule has 1 aliphatic heterocycles. The van der Waals surface area contributed by atoms with E-state index in [9.17, 15) is 36.6 Å². The number of piperidine rings is 1. The molecule has 36 heavy (non-hydrogen) atoms. The van der Waals surface area contributed by atoms with Gasteiger partial charge in [-0.25, -0.2) is 8.42 Å². The van der Waals surface area contributed by atoms with Crippen LogP contribution >= 0.6 is 0 Å². The standard InChI is InChI=1S/C24H29NO9S2/c1-15-5-9-19(10-6-15)35(30,31)25-21(22(26)27)13-18(17(3)24(25,4)23(28)29)14-34-36(32,33)20-11-7-16(2)8-12-20/h5-12,17-18,21H,13-14H2,1-4H3,(H,26,27)(H,28,29)/t17?,18-,21+,24-/m1/s1. The first-order valence-electron chi connectivity index (χ1n) is 11.2. The van der Waals surface area contributed by atoms with E-state index in [0.717, 1.165) is 18.1 Å². The normalized spacial score (nSPS) is 25.4. The Morgan fingerprint density at radius 3 is 1.86 bits per heavy atom. The summed E-state index contributed by atoms with van der Waals surface area (Å²) < 4.78 is 58.3. The molecule has 1 heterocycles. The third-order valence-electron chi connectivity index (χ3n) is 6.90. The summed E-state index contributed by atoms with van der Waals surface area (Å²) in [6.45, 7) is 5.62. The number of benzene rings is 2. The summed E-state index contributed by atoms with van der Waals surface area (Å²) in [6.07, 6.45) is -0.339. The first-order chi connectivity index (χ1) is 16.6. The van der Waals surface area contributed by atoms with E-state index in [1.54, 1.807) is 26.0 Å². The lowest BCUT2D eigenvalue weighted by Crippen LogP contribution is -2.68. The second-order valence-electron chi connectivity index (χ2n) is 9.26. The highest BCUT2D eigenvalue weighted by Crippen LogP contribution is 2.44. The number of sulfonamides is 1. The van der Waals surface area contributed by atoms with E-state index in [4.69, 9.17) is 4.18 Å². The third kappa shape index (κ3) is 5.03. The summed E-state index contributed by atoms with van der Waals surface area (Å²) in [5.41, 5.74) is -0.595. The molecule has 1 unspecified atom stereocenters. The van der Waals surface area contributed by atoms with Gasteiger partial charge in [-0.1, -0.05) is 42.3 Å². The molecule has 0 aromatic heterocycles. The number of carboxylic acids is 2. The van der Waals surface area contributed by atoms with Crippen molar-refractivity contribution < 1.29 is 40.8 Å². The molecule has 2 aromatic carbocycles. The van der Waals surface area contributed by atoms with E-state index in [1.165, 1.54) is 43.3 Å². The fourth-order valence-electron chi connectivity index (χ4n) is 4.46. The number of carbonyl (C=O) groups is 2. The fourth-order valence-corrected chi connectivity index (χ4v) is 7.38. The summed E-state index contributed by atoms with van der Waals surface area (Å²) in [5, 5.41) is 20.1. The molecule has 0 aliphatic carbocycles. The van der Waals surface area contributed by atoms with Crippen LogP contribution in [0.5, 0.6) is 0 Å². The Hall–Kier alpha value is -2.80. The summed E-state index contributed by atoms with van der Waals surface area (Å²) in [7, 11) is -8.77. The van der Waals surface area contributed by atoms with Crippen LogP contribution in [-0.4, -0.2) is 61.5 Å². The number of carboxylic acid groups (broad SMARTS) is 2. The van der Waals surface area contributed by atoms with Crippen LogP contribution in [0.4, 0.5) is 0 Å². The van der Waals surface area contributed by atoms with Crippen molar-refractivity contribution in [3.05, 3.63) is 59.7 Å². The van der Waals surface area contributed by atoms with Crippen molar-refractivity contribution in [2.75, 3.05) is 6.61 Å². The highest BCUT2D eigenvalue weighted by atomic mass is 32.2. The van der Waals surface area contributed by atoms with E-state index >= 15 is 0 Å². The Kier molecular flexibility index (Phi) is 7.66. The van der Waals surface area contributed by atoms with Gasteiger partial charge in [-0.3, -0.25) is 13.8 Å². The van der Waals surface area contributed by atoms with E-state index < -0.39 is 62.1 Å². The minimum absolute atomic E-state index is 0.101. The molecule has 196 valence electrons. The molecule has 4 atom stereocenters. The van der Waals surface area contributed by atoms with Gasteiger partial charge in [0.25, 0.3) is 10.1 Å². The molecule has 10 nitrogen and oxygen atoms in total. The molecule has 0 radical (unpaired) electrons. The third-order valence-corrected chi connectivity index (χ3v) is 10.2. The van der Waals surface area contributed by atoms with Gasteiger partial charge in [-0.2, -0.15) is 12.7 Å².